The molecule has 0 saturated heterocycles. The van der Waals surface area contributed by atoms with E-state index in [0.29, 0.717) is 10.2 Å². The number of rotatable bonds is 1. The van der Waals surface area contributed by atoms with Crippen molar-refractivity contribution in [1.29, 1.82) is 0 Å². The Morgan fingerprint density at radius 3 is 2.38 bits per heavy atom. The van der Waals surface area contributed by atoms with E-state index in [-0.39, 0.29) is 5.60 Å². The zero-order valence-corrected chi connectivity index (χ0v) is 10.5. The average Bonchev–Trinajstić information content (AvgIpc) is 2.56. The Bertz CT molecular complexity index is 226. The number of hydrogen-bond acceptors (Lipinski definition) is 1. The Kier molecular flexibility index (Phi) is 2.09. The maximum atomic E-state index is 5.63. The fourth-order valence-electron chi connectivity index (χ4n) is 2.98. The number of hydrogen-bond donors (Lipinski definition) is 0. The Hall–Kier alpha value is 0.440. The SMILES string of the molecule is CO[C@]1(C)C[C@H]2[C@@H](C[C@H]1Br)C2(C)C. The molecule has 4 atom stereocenters. The molecular formula is C11H19BrO. The second kappa shape index (κ2) is 2.73. The van der Waals surface area contributed by atoms with E-state index in [1.807, 2.05) is 7.11 Å². The molecule has 0 radical (unpaired) electrons. The summed E-state index contributed by atoms with van der Waals surface area (Å²) in [6.45, 7) is 7.02. The van der Waals surface area contributed by atoms with Crippen LogP contribution in [0.2, 0.25) is 0 Å². The fraction of sp³-hybridized carbons (Fsp3) is 1.00. The van der Waals surface area contributed by atoms with Crippen LogP contribution in [-0.2, 0) is 4.74 Å². The predicted octanol–water partition coefficient (Wildman–Crippen LogP) is 3.22. The van der Waals surface area contributed by atoms with Gasteiger partial charge in [0.25, 0.3) is 0 Å². The zero-order chi connectivity index (χ0) is 9.85. The van der Waals surface area contributed by atoms with Crippen molar-refractivity contribution in [3.63, 3.8) is 0 Å². The quantitative estimate of drug-likeness (QED) is 0.646. The highest BCUT2D eigenvalue weighted by atomic mass is 79.9. The Balaban J connectivity index is 2.13. The third kappa shape index (κ3) is 1.29. The van der Waals surface area contributed by atoms with Gasteiger partial charge in [-0.25, -0.2) is 0 Å². The van der Waals surface area contributed by atoms with Crippen molar-refractivity contribution in [2.24, 2.45) is 17.3 Å². The highest BCUT2D eigenvalue weighted by molar-refractivity contribution is 9.09. The minimum absolute atomic E-state index is 0.0644. The molecule has 13 heavy (non-hydrogen) atoms. The summed E-state index contributed by atoms with van der Waals surface area (Å²) in [6.07, 6.45) is 2.50. The van der Waals surface area contributed by atoms with Crippen molar-refractivity contribution in [2.45, 2.75) is 44.0 Å². The highest BCUT2D eigenvalue weighted by Crippen LogP contribution is 2.67. The van der Waals surface area contributed by atoms with Gasteiger partial charge in [-0.1, -0.05) is 29.8 Å². The van der Waals surface area contributed by atoms with Gasteiger partial charge < -0.3 is 4.74 Å². The number of alkyl halides is 1. The molecule has 0 unspecified atom stereocenters. The van der Waals surface area contributed by atoms with Gasteiger partial charge in [0.1, 0.15) is 0 Å². The van der Waals surface area contributed by atoms with E-state index in [4.69, 9.17) is 4.74 Å². The van der Waals surface area contributed by atoms with Gasteiger partial charge in [-0.2, -0.15) is 0 Å². The summed E-state index contributed by atoms with van der Waals surface area (Å²) in [4.78, 5) is 0.535. The van der Waals surface area contributed by atoms with Gasteiger partial charge in [0.05, 0.1) is 5.60 Å². The normalized spacial score (nSPS) is 52.8. The van der Waals surface area contributed by atoms with E-state index in [9.17, 15) is 0 Å². The van der Waals surface area contributed by atoms with E-state index in [2.05, 4.69) is 36.7 Å². The predicted molar refractivity (Wildman–Crippen MR) is 58.1 cm³/mol. The first-order valence-corrected chi connectivity index (χ1v) is 6.02. The van der Waals surface area contributed by atoms with E-state index in [1.165, 1.54) is 12.8 Å². The van der Waals surface area contributed by atoms with Crippen LogP contribution in [0.15, 0.2) is 0 Å². The summed E-state index contributed by atoms with van der Waals surface area (Å²) in [6, 6.07) is 0. The molecule has 2 aliphatic rings. The molecule has 0 N–H and O–H groups in total. The van der Waals surface area contributed by atoms with Crippen LogP contribution in [0.1, 0.15) is 33.6 Å². The summed E-state index contributed by atoms with van der Waals surface area (Å²) in [5.41, 5.74) is 0.636. The van der Waals surface area contributed by atoms with Crippen LogP contribution in [0.4, 0.5) is 0 Å². The van der Waals surface area contributed by atoms with Gasteiger partial charge in [-0.15, -0.1) is 0 Å². The first-order chi connectivity index (χ1) is 5.92. The molecule has 2 heteroatoms. The summed E-state index contributed by atoms with van der Waals surface area (Å²) in [5, 5.41) is 0. The lowest BCUT2D eigenvalue weighted by Gasteiger charge is -2.36. The number of methoxy groups -OCH3 is 1. The first kappa shape index (κ1) is 9.97. The van der Waals surface area contributed by atoms with Gasteiger partial charge in [-0.05, 0) is 37.0 Å². The maximum absolute atomic E-state index is 5.63. The van der Waals surface area contributed by atoms with Gasteiger partial charge >= 0.3 is 0 Å². The minimum Gasteiger partial charge on any atom is -0.377 e. The molecule has 0 bridgehead atoms. The third-order valence-electron chi connectivity index (χ3n) is 4.50. The lowest BCUT2D eigenvalue weighted by atomic mass is 9.86. The van der Waals surface area contributed by atoms with E-state index < -0.39 is 0 Å². The van der Waals surface area contributed by atoms with Crippen molar-refractivity contribution >= 4 is 15.9 Å². The van der Waals surface area contributed by atoms with Crippen molar-refractivity contribution in [2.75, 3.05) is 7.11 Å². The lowest BCUT2D eigenvalue weighted by Crippen LogP contribution is -2.41. The molecule has 0 amide bonds. The fourth-order valence-corrected chi connectivity index (χ4v) is 3.76. The van der Waals surface area contributed by atoms with Crippen LogP contribution in [-0.4, -0.2) is 17.5 Å². The molecule has 0 aromatic carbocycles. The van der Waals surface area contributed by atoms with Gasteiger partial charge in [-0.3, -0.25) is 0 Å². The number of fused-ring (bicyclic) bond motifs is 1. The number of ether oxygens (including phenoxy) is 1. The van der Waals surface area contributed by atoms with Crippen LogP contribution >= 0.6 is 15.9 Å². The molecule has 2 fully saturated rings. The first-order valence-electron chi connectivity index (χ1n) is 5.11. The monoisotopic (exact) mass is 246 g/mol. The standard InChI is InChI=1S/C11H19BrO/c1-10(2)7-5-9(12)11(3,13-4)6-8(7)10/h7-9H,5-6H2,1-4H3/t7-,8+,9-,11-/m1/s1. The summed E-state index contributed by atoms with van der Waals surface area (Å²) < 4.78 is 5.63. The largest absolute Gasteiger partial charge is 0.377 e. The van der Waals surface area contributed by atoms with Crippen LogP contribution < -0.4 is 0 Å². The second-order valence-corrected chi connectivity index (χ2v) is 6.56. The van der Waals surface area contributed by atoms with Gasteiger partial charge in [0.15, 0.2) is 0 Å². The van der Waals surface area contributed by atoms with E-state index >= 15 is 0 Å². The summed E-state index contributed by atoms with van der Waals surface area (Å²) in [7, 11) is 1.84. The molecule has 0 heterocycles. The molecule has 2 rings (SSSR count). The van der Waals surface area contributed by atoms with Crippen molar-refractivity contribution in [1.82, 2.24) is 0 Å². The highest BCUT2D eigenvalue weighted by Gasteiger charge is 2.63. The van der Waals surface area contributed by atoms with E-state index in [0.717, 1.165) is 11.8 Å². The van der Waals surface area contributed by atoms with Crippen LogP contribution in [0.25, 0.3) is 0 Å². The van der Waals surface area contributed by atoms with Crippen molar-refractivity contribution in [3.8, 4) is 0 Å². The molecule has 0 aliphatic heterocycles. The smallest absolute Gasteiger partial charge is 0.0778 e. The van der Waals surface area contributed by atoms with Gasteiger partial charge in [0.2, 0.25) is 0 Å². The van der Waals surface area contributed by atoms with Crippen molar-refractivity contribution in [3.05, 3.63) is 0 Å². The minimum atomic E-state index is 0.0644. The van der Waals surface area contributed by atoms with Crippen LogP contribution in [0, 0.1) is 17.3 Å². The average molecular weight is 247 g/mol. The molecule has 2 saturated carbocycles. The second-order valence-electron chi connectivity index (χ2n) is 5.46. The molecule has 2 aliphatic carbocycles. The molecule has 76 valence electrons. The third-order valence-corrected chi connectivity index (χ3v) is 5.85. The van der Waals surface area contributed by atoms with Crippen LogP contribution in [0.3, 0.4) is 0 Å². The molecular weight excluding hydrogens is 228 g/mol. The number of halogens is 1. The lowest BCUT2D eigenvalue weighted by molar-refractivity contribution is -0.0195. The Labute approximate surface area is 89.4 Å². The molecule has 1 nitrogen and oxygen atoms in total. The summed E-state index contributed by atoms with van der Waals surface area (Å²) >= 11 is 3.76. The maximum Gasteiger partial charge on any atom is 0.0778 e. The van der Waals surface area contributed by atoms with E-state index in [1.54, 1.807) is 0 Å². The zero-order valence-electron chi connectivity index (χ0n) is 8.93. The Morgan fingerprint density at radius 2 is 1.85 bits per heavy atom. The molecule has 0 aromatic heterocycles. The molecule has 0 spiro atoms. The molecule has 0 aromatic rings. The Morgan fingerprint density at radius 1 is 1.23 bits per heavy atom. The summed E-state index contributed by atoms with van der Waals surface area (Å²) in [5.74, 6) is 1.83. The van der Waals surface area contributed by atoms with Crippen LogP contribution in [0.5, 0.6) is 0 Å². The topological polar surface area (TPSA) is 9.23 Å². The van der Waals surface area contributed by atoms with Gasteiger partial charge in [0, 0.05) is 11.9 Å². The van der Waals surface area contributed by atoms with Crippen molar-refractivity contribution < 1.29 is 4.74 Å².